The van der Waals surface area contributed by atoms with Crippen molar-refractivity contribution in [3.63, 3.8) is 0 Å². The van der Waals surface area contributed by atoms with Gasteiger partial charge in [-0.2, -0.15) is 0 Å². The highest BCUT2D eigenvalue weighted by molar-refractivity contribution is 5.36. The molecule has 1 N–H and O–H groups in total. The summed E-state index contributed by atoms with van der Waals surface area (Å²) >= 11 is 0. The number of H-pyrrole nitrogens is 1. The zero-order valence-corrected chi connectivity index (χ0v) is 20.3. The molecule has 2 aliphatic carbocycles. The van der Waals surface area contributed by atoms with Crippen LogP contribution >= 0.6 is 0 Å². The van der Waals surface area contributed by atoms with Crippen molar-refractivity contribution in [2.45, 2.75) is 69.0 Å². The van der Waals surface area contributed by atoms with Gasteiger partial charge in [0.1, 0.15) is 5.67 Å². The van der Waals surface area contributed by atoms with Gasteiger partial charge < -0.3 is 9.72 Å². The molecule has 5 rings (SSSR count). The van der Waals surface area contributed by atoms with Crippen LogP contribution in [-0.4, -0.2) is 23.3 Å². The number of benzene rings is 2. The van der Waals surface area contributed by atoms with Gasteiger partial charge in [0.15, 0.2) is 0 Å². The lowest BCUT2D eigenvalue weighted by Gasteiger charge is -2.30. The van der Waals surface area contributed by atoms with Gasteiger partial charge in [-0.15, -0.1) is 0 Å². The van der Waals surface area contributed by atoms with Crippen molar-refractivity contribution in [3.05, 3.63) is 103 Å². The minimum atomic E-state index is -1.22. The fourth-order valence-corrected chi connectivity index (χ4v) is 5.54. The van der Waals surface area contributed by atoms with E-state index in [9.17, 15) is 14.0 Å². The van der Waals surface area contributed by atoms with Crippen LogP contribution < -0.4 is 11.2 Å². The van der Waals surface area contributed by atoms with Crippen LogP contribution in [-0.2, 0) is 23.4 Å². The number of aromatic amines is 1. The molecule has 5 nitrogen and oxygen atoms in total. The summed E-state index contributed by atoms with van der Waals surface area (Å²) in [5.74, 6) is 0.627. The quantitative estimate of drug-likeness (QED) is 0.488. The van der Waals surface area contributed by atoms with Gasteiger partial charge in [-0.3, -0.25) is 9.36 Å². The van der Waals surface area contributed by atoms with Crippen molar-refractivity contribution in [3.8, 4) is 0 Å². The molecular formula is C29H33FN2O3. The number of hydrogen-bond donors (Lipinski definition) is 1. The molecule has 0 unspecified atom stereocenters. The Morgan fingerprint density at radius 3 is 2.40 bits per heavy atom. The van der Waals surface area contributed by atoms with E-state index in [0.29, 0.717) is 36.3 Å². The summed E-state index contributed by atoms with van der Waals surface area (Å²) in [7, 11) is 1.55. The van der Waals surface area contributed by atoms with E-state index in [1.165, 1.54) is 10.1 Å². The Kier molecular flexibility index (Phi) is 6.74. The van der Waals surface area contributed by atoms with Gasteiger partial charge >= 0.3 is 5.69 Å². The number of alkyl halides is 1. The van der Waals surface area contributed by atoms with Gasteiger partial charge in [0.25, 0.3) is 5.56 Å². The number of nitrogens with zero attached hydrogens (tertiary/aromatic N) is 1. The Morgan fingerprint density at radius 2 is 1.71 bits per heavy atom. The summed E-state index contributed by atoms with van der Waals surface area (Å²) < 4.78 is 21.1. The molecule has 0 amide bonds. The zero-order valence-electron chi connectivity index (χ0n) is 20.3. The highest BCUT2D eigenvalue weighted by Crippen LogP contribution is 2.49. The molecule has 6 heteroatoms. The van der Waals surface area contributed by atoms with Crippen molar-refractivity contribution >= 4 is 0 Å². The van der Waals surface area contributed by atoms with Crippen LogP contribution in [0.15, 0.2) is 64.2 Å². The van der Waals surface area contributed by atoms with Gasteiger partial charge in [0, 0.05) is 24.8 Å². The van der Waals surface area contributed by atoms with E-state index in [4.69, 9.17) is 4.74 Å². The van der Waals surface area contributed by atoms with E-state index in [1.54, 1.807) is 7.11 Å². The second-order valence-electron chi connectivity index (χ2n) is 10.1. The van der Waals surface area contributed by atoms with Crippen LogP contribution in [0.5, 0.6) is 0 Å². The van der Waals surface area contributed by atoms with Crippen LogP contribution in [0.1, 0.15) is 78.3 Å². The third-order valence-electron chi connectivity index (χ3n) is 7.75. The molecule has 0 aliphatic heterocycles. The lowest BCUT2D eigenvalue weighted by atomic mass is 9.76. The molecule has 0 atom stereocenters. The highest BCUT2D eigenvalue weighted by Gasteiger charge is 2.44. The summed E-state index contributed by atoms with van der Waals surface area (Å²) in [5.41, 5.74) is 2.43. The first-order valence-corrected chi connectivity index (χ1v) is 12.7. The highest BCUT2D eigenvalue weighted by atomic mass is 19.1. The predicted molar refractivity (Wildman–Crippen MR) is 135 cm³/mol. The number of hydrogen-bond acceptors (Lipinski definition) is 3. The van der Waals surface area contributed by atoms with Crippen molar-refractivity contribution in [2.75, 3.05) is 13.7 Å². The smallest absolute Gasteiger partial charge is 0.328 e. The Hall–Kier alpha value is -2.99. The Bertz CT molecular complexity index is 1290. The first-order valence-electron chi connectivity index (χ1n) is 12.7. The zero-order chi connectivity index (χ0) is 24.4. The number of aromatic nitrogens is 2. The van der Waals surface area contributed by atoms with Crippen molar-refractivity contribution in [2.24, 2.45) is 0 Å². The second-order valence-corrected chi connectivity index (χ2v) is 10.1. The molecule has 0 spiro atoms. The van der Waals surface area contributed by atoms with Crippen LogP contribution in [0.2, 0.25) is 0 Å². The third-order valence-corrected chi connectivity index (χ3v) is 7.75. The standard InChI is InChI=1S/C29H33FN2O3/c1-35-17-16-32-27(33)25(19-20-6-5-9-24(18-20)29(30)14-15-29)26(31-28(32)34)23-12-10-22(11-13-23)21-7-3-2-4-8-21/h2-9,18,22-23H,10-17,19H2,1H3,(H,31,34). The minimum Gasteiger partial charge on any atom is -0.383 e. The van der Waals surface area contributed by atoms with E-state index in [2.05, 4.69) is 29.2 Å². The molecule has 2 aromatic carbocycles. The van der Waals surface area contributed by atoms with Gasteiger partial charge in [0.2, 0.25) is 0 Å². The van der Waals surface area contributed by atoms with Crippen molar-refractivity contribution in [1.82, 2.24) is 9.55 Å². The fraction of sp³-hybridized carbons (Fsp3) is 0.448. The van der Waals surface area contributed by atoms with Gasteiger partial charge in [0.05, 0.1) is 13.2 Å². The van der Waals surface area contributed by atoms with E-state index in [0.717, 1.165) is 36.9 Å². The fourth-order valence-electron chi connectivity index (χ4n) is 5.54. The molecule has 184 valence electrons. The van der Waals surface area contributed by atoms with Crippen LogP contribution in [0.4, 0.5) is 4.39 Å². The number of ether oxygens (including phenoxy) is 1. The number of nitrogens with one attached hydrogen (secondary N) is 1. The van der Waals surface area contributed by atoms with E-state index in [1.807, 2.05) is 30.3 Å². The summed E-state index contributed by atoms with van der Waals surface area (Å²) in [6.45, 7) is 0.482. The normalized spacial score (nSPS) is 21.1. The van der Waals surface area contributed by atoms with Gasteiger partial charge in [-0.05, 0) is 67.1 Å². The Balaban J connectivity index is 1.46. The Labute approximate surface area is 205 Å². The third kappa shape index (κ3) is 5.03. The average Bonchev–Trinajstić information content (AvgIpc) is 3.65. The first-order chi connectivity index (χ1) is 17.0. The molecule has 35 heavy (non-hydrogen) atoms. The van der Waals surface area contributed by atoms with Crippen LogP contribution in [0.3, 0.4) is 0 Å². The molecule has 1 aromatic heterocycles. The van der Waals surface area contributed by atoms with E-state index < -0.39 is 5.67 Å². The van der Waals surface area contributed by atoms with Crippen LogP contribution in [0, 0.1) is 0 Å². The first kappa shape index (κ1) is 23.7. The van der Waals surface area contributed by atoms with Gasteiger partial charge in [-0.1, -0.05) is 54.6 Å². The largest absolute Gasteiger partial charge is 0.383 e. The second kappa shape index (κ2) is 9.94. The monoisotopic (exact) mass is 476 g/mol. The molecule has 0 saturated heterocycles. The molecule has 2 saturated carbocycles. The Morgan fingerprint density at radius 1 is 1.00 bits per heavy atom. The maximum absolute atomic E-state index is 14.7. The summed E-state index contributed by atoms with van der Waals surface area (Å²) in [6.07, 6.45) is 5.34. The topological polar surface area (TPSA) is 64.1 Å². The predicted octanol–water partition coefficient (Wildman–Crippen LogP) is 5.17. The molecule has 0 radical (unpaired) electrons. The van der Waals surface area contributed by atoms with E-state index >= 15 is 0 Å². The summed E-state index contributed by atoms with van der Waals surface area (Å²) in [5, 5.41) is 0. The molecule has 1 heterocycles. The van der Waals surface area contributed by atoms with E-state index in [-0.39, 0.29) is 30.3 Å². The van der Waals surface area contributed by atoms with Crippen molar-refractivity contribution in [1.29, 1.82) is 0 Å². The number of rotatable bonds is 8. The molecule has 2 fully saturated rings. The molecule has 0 bridgehead atoms. The summed E-state index contributed by atoms with van der Waals surface area (Å²) in [6, 6.07) is 18.1. The summed E-state index contributed by atoms with van der Waals surface area (Å²) in [4.78, 5) is 29.5. The molecular weight excluding hydrogens is 443 g/mol. The minimum absolute atomic E-state index is 0.126. The van der Waals surface area contributed by atoms with Crippen LogP contribution in [0.25, 0.3) is 0 Å². The number of halogens is 1. The SMILES string of the molecule is COCCn1c(=O)[nH]c(C2CCC(c3ccccc3)CC2)c(Cc2cccc(C3(F)CC3)c2)c1=O. The lowest BCUT2D eigenvalue weighted by Crippen LogP contribution is -2.40. The average molecular weight is 477 g/mol. The lowest BCUT2D eigenvalue weighted by molar-refractivity contribution is 0.184. The van der Waals surface area contributed by atoms with Gasteiger partial charge in [-0.25, -0.2) is 9.18 Å². The number of methoxy groups -OCH3 is 1. The molecule has 3 aromatic rings. The maximum atomic E-state index is 14.7. The van der Waals surface area contributed by atoms with Crippen molar-refractivity contribution < 1.29 is 9.13 Å². The molecule has 2 aliphatic rings. The maximum Gasteiger partial charge on any atom is 0.328 e.